The van der Waals surface area contributed by atoms with Gasteiger partial charge in [-0.3, -0.25) is 20.2 Å². The van der Waals surface area contributed by atoms with Gasteiger partial charge in [-0.15, -0.1) is 0 Å². The van der Waals surface area contributed by atoms with Gasteiger partial charge < -0.3 is 14.8 Å². The zero-order valence-corrected chi connectivity index (χ0v) is 17.1. The Labute approximate surface area is 184 Å². The first-order valence-electron chi connectivity index (χ1n) is 9.29. The number of amides is 1. The van der Waals surface area contributed by atoms with Gasteiger partial charge in [-0.05, 0) is 54.7 Å². The molecule has 3 aromatic rings. The number of hydrogen-bond donors (Lipinski definition) is 2. The number of carbonyl (C=O) groups excluding carboxylic acids is 1. The standard InChI is InChI=1S/C22H19N3O5S/c26-21(24-22(31)23-19-8-4-5-9-20(19)25(27)28)16-10-12-18(13-11-16)30-15-14-29-17-6-2-1-3-7-17/h1-13H,14-15H2,(H2,23,24,26,31). The molecule has 0 fully saturated rings. The number of nitro benzene ring substituents is 1. The highest BCUT2D eigenvalue weighted by molar-refractivity contribution is 7.80. The van der Waals surface area contributed by atoms with Gasteiger partial charge in [0, 0.05) is 11.6 Å². The van der Waals surface area contributed by atoms with E-state index in [1.54, 1.807) is 36.4 Å². The fourth-order valence-electron chi connectivity index (χ4n) is 2.61. The second-order valence-corrected chi connectivity index (χ2v) is 6.63. The quantitative estimate of drug-likeness (QED) is 0.236. The second kappa shape index (κ2) is 10.7. The minimum absolute atomic E-state index is 0.0438. The van der Waals surface area contributed by atoms with Crippen molar-refractivity contribution in [1.29, 1.82) is 0 Å². The number of hydrogen-bond acceptors (Lipinski definition) is 6. The number of nitro groups is 1. The molecule has 2 N–H and O–H groups in total. The van der Waals surface area contributed by atoms with Crippen LogP contribution in [-0.2, 0) is 0 Å². The molecule has 0 spiro atoms. The van der Waals surface area contributed by atoms with Crippen molar-refractivity contribution in [3.05, 3.63) is 94.5 Å². The fraction of sp³-hybridized carbons (Fsp3) is 0.0909. The Morgan fingerprint density at radius 3 is 2.10 bits per heavy atom. The summed E-state index contributed by atoms with van der Waals surface area (Å²) in [6.07, 6.45) is 0. The Balaban J connectivity index is 1.47. The van der Waals surface area contributed by atoms with E-state index < -0.39 is 10.8 Å². The summed E-state index contributed by atoms with van der Waals surface area (Å²) < 4.78 is 11.2. The van der Waals surface area contributed by atoms with Gasteiger partial charge >= 0.3 is 0 Å². The van der Waals surface area contributed by atoms with E-state index in [1.807, 2.05) is 30.3 Å². The highest BCUT2D eigenvalue weighted by Gasteiger charge is 2.15. The minimum atomic E-state index is -0.531. The van der Waals surface area contributed by atoms with Gasteiger partial charge in [0.05, 0.1) is 4.92 Å². The average molecular weight is 437 g/mol. The summed E-state index contributed by atoms with van der Waals surface area (Å²) in [7, 11) is 0. The summed E-state index contributed by atoms with van der Waals surface area (Å²) in [5.74, 6) is 0.910. The van der Waals surface area contributed by atoms with Crippen LogP contribution in [0.3, 0.4) is 0 Å². The molecule has 0 saturated heterocycles. The summed E-state index contributed by atoms with van der Waals surface area (Å²) in [5.41, 5.74) is 0.413. The number of rotatable bonds is 8. The van der Waals surface area contributed by atoms with Gasteiger partial charge in [0.15, 0.2) is 5.11 Å². The van der Waals surface area contributed by atoms with Gasteiger partial charge in [0.25, 0.3) is 11.6 Å². The van der Waals surface area contributed by atoms with E-state index in [0.29, 0.717) is 24.5 Å². The summed E-state index contributed by atoms with van der Waals surface area (Å²) >= 11 is 5.09. The first kappa shape index (κ1) is 21.7. The van der Waals surface area contributed by atoms with Crippen molar-refractivity contribution in [2.75, 3.05) is 18.5 Å². The molecule has 9 heteroatoms. The van der Waals surface area contributed by atoms with Crippen LogP contribution in [0.2, 0.25) is 0 Å². The number of nitrogens with one attached hydrogen (secondary N) is 2. The Kier molecular flexibility index (Phi) is 7.50. The van der Waals surface area contributed by atoms with Crippen LogP contribution in [0, 0.1) is 10.1 Å². The molecule has 8 nitrogen and oxygen atoms in total. The molecule has 158 valence electrons. The smallest absolute Gasteiger partial charge is 0.292 e. The molecule has 0 aliphatic rings. The van der Waals surface area contributed by atoms with E-state index in [9.17, 15) is 14.9 Å². The van der Waals surface area contributed by atoms with Gasteiger partial charge in [-0.2, -0.15) is 0 Å². The molecular formula is C22H19N3O5S. The third kappa shape index (κ3) is 6.51. The van der Waals surface area contributed by atoms with Crippen LogP contribution in [0.15, 0.2) is 78.9 Å². The molecule has 31 heavy (non-hydrogen) atoms. The third-order valence-corrected chi connectivity index (χ3v) is 4.26. The van der Waals surface area contributed by atoms with E-state index >= 15 is 0 Å². The number of thiocarbonyl (C=S) groups is 1. The van der Waals surface area contributed by atoms with Gasteiger partial charge in [-0.1, -0.05) is 30.3 Å². The van der Waals surface area contributed by atoms with E-state index in [1.165, 1.54) is 12.1 Å². The first-order chi connectivity index (χ1) is 15.0. The monoisotopic (exact) mass is 437 g/mol. The normalized spacial score (nSPS) is 10.1. The van der Waals surface area contributed by atoms with E-state index in [0.717, 1.165) is 5.75 Å². The third-order valence-electron chi connectivity index (χ3n) is 4.06. The number of para-hydroxylation sites is 3. The van der Waals surface area contributed by atoms with Crippen molar-refractivity contribution < 1.29 is 19.2 Å². The van der Waals surface area contributed by atoms with E-state index in [-0.39, 0.29) is 16.5 Å². The Hall–Kier alpha value is -3.98. The topological polar surface area (TPSA) is 103 Å². The highest BCUT2D eigenvalue weighted by atomic mass is 32.1. The lowest BCUT2D eigenvalue weighted by molar-refractivity contribution is -0.383. The van der Waals surface area contributed by atoms with Gasteiger partial charge in [0.1, 0.15) is 30.4 Å². The summed E-state index contributed by atoms with van der Waals surface area (Å²) in [5, 5.41) is 16.2. The molecule has 3 aromatic carbocycles. The molecule has 0 aromatic heterocycles. The molecule has 0 saturated carbocycles. The Morgan fingerprint density at radius 1 is 0.871 bits per heavy atom. The highest BCUT2D eigenvalue weighted by Crippen LogP contribution is 2.23. The molecule has 0 aliphatic heterocycles. The van der Waals surface area contributed by atoms with E-state index in [2.05, 4.69) is 10.6 Å². The molecule has 0 atom stereocenters. The molecule has 0 unspecified atom stereocenters. The molecule has 0 aliphatic carbocycles. The SMILES string of the molecule is O=C(NC(=S)Nc1ccccc1[N+](=O)[O-])c1ccc(OCCOc2ccccc2)cc1. The van der Waals surface area contributed by atoms with Crippen molar-refractivity contribution in [2.24, 2.45) is 0 Å². The Morgan fingerprint density at radius 2 is 1.45 bits per heavy atom. The summed E-state index contributed by atoms with van der Waals surface area (Å²) in [6, 6.07) is 22.0. The first-order valence-corrected chi connectivity index (χ1v) is 9.70. The van der Waals surface area contributed by atoms with Crippen LogP contribution < -0.4 is 20.1 Å². The molecule has 3 rings (SSSR count). The molecule has 0 bridgehead atoms. The minimum Gasteiger partial charge on any atom is -0.490 e. The maximum absolute atomic E-state index is 12.4. The maximum Gasteiger partial charge on any atom is 0.292 e. The fourth-order valence-corrected chi connectivity index (χ4v) is 2.81. The van der Waals surface area contributed by atoms with Gasteiger partial charge in [-0.25, -0.2) is 0 Å². The number of nitrogens with zero attached hydrogens (tertiary/aromatic N) is 1. The number of carbonyl (C=O) groups is 1. The number of anilines is 1. The van der Waals surface area contributed by atoms with Crippen molar-refractivity contribution in [3.8, 4) is 11.5 Å². The zero-order chi connectivity index (χ0) is 22.1. The zero-order valence-electron chi connectivity index (χ0n) is 16.3. The van der Waals surface area contributed by atoms with Crippen LogP contribution in [0.5, 0.6) is 11.5 Å². The lowest BCUT2D eigenvalue weighted by atomic mass is 10.2. The number of ether oxygens (including phenoxy) is 2. The number of benzene rings is 3. The molecule has 1 amide bonds. The largest absolute Gasteiger partial charge is 0.490 e. The summed E-state index contributed by atoms with van der Waals surface area (Å²) in [4.78, 5) is 22.9. The second-order valence-electron chi connectivity index (χ2n) is 6.22. The van der Waals surface area contributed by atoms with Gasteiger partial charge in [0.2, 0.25) is 0 Å². The van der Waals surface area contributed by atoms with Crippen molar-refractivity contribution >= 4 is 34.6 Å². The maximum atomic E-state index is 12.4. The van der Waals surface area contributed by atoms with Crippen LogP contribution in [0.4, 0.5) is 11.4 Å². The van der Waals surface area contributed by atoms with Crippen LogP contribution >= 0.6 is 12.2 Å². The van der Waals surface area contributed by atoms with Crippen molar-refractivity contribution in [3.63, 3.8) is 0 Å². The van der Waals surface area contributed by atoms with Crippen LogP contribution in [-0.4, -0.2) is 29.2 Å². The summed E-state index contributed by atoms with van der Waals surface area (Å²) in [6.45, 7) is 0.738. The van der Waals surface area contributed by atoms with Crippen molar-refractivity contribution in [2.45, 2.75) is 0 Å². The van der Waals surface area contributed by atoms with Crippen molar-refractivity contribution in [1.82, 2.24) is 5.32 Å². The predicted molar refractivity (Wildman–Crippen MR) is 121 cm³/mol. The van der Waals surface area contributed by atoms with Crippen LogP contribution in [0.25, 0.3) is 0 Å². The van der Waals surface area contributed by atoms with Crippen LogP contribution in [0.1, 0.15) is 10.4 Å². The predicted octanol–water partition coefficient (Wildman–Crippen LogP) is 4.18. The molecular weight excluding hydrogens is 418 g/mol. The molecule has 0 heterocycles. The molecule has 0 radical (unpaired) electrons. The lowest BCUT2D eigenvalue weighted by Crippen LogP contribution is -2.34. The average Bonchev–Trinajstić information content (AvgIpc) is 2.78. The Bertz CT molecular complexity index is 1060. The van der Waals surface area contributed by atoms with E-state index in [4.69, 9.17) is 21.7 Å². The lowest BCUT2D eigenvalue weighted by Gasteiger charge is -2.11.